The van der Waals surface area contributed by atoms with Crippen molar-refractivity contribution in [3.63, 3.8) is 0 Å². The van der Waals surface area contributed by atoms with Crippen LogP contribution in [0, 0.1) is 6.92 Å². The van der Waals surface area contributed by atoms with Gasteiger partial charge in [-0.25, -0.2) is 5.01 Å². The average Bonchev–Trinajstić information content (AvgIpc) is 2.86. The lowest BCUT2D eigenvalue weighted by atomic mass is 9.86. The number of hydrazone groups is 1. The minimum atomic E-state index is -0.312. The molecule has 1 aliphatic rings. The molecular weight excluding hydrogens is 284 g/mol. The van der Waals surface area contributed by atoms with Crippen molar-refractivity contribution in [2.24, 2.45) is 5.10 Å². The van der Waals surface area contributed by atoms with E-state index in [1.54, 1.807) is 11.9 Å². The molecule has 1 unspecified atom stereocenters. The summed E-state index contributed by atoms with van der Waals surface area (Å²) in [6, 6.07) is 18.6. The Morgan fingerprint density at radius 1 is 1.13 bits per heavy atom. The first kappa shape index (κ1) is 15.5. The summed E-state index contributed by atoms with van der Waals surface area (Å²) in [7, 11) is 0. The van der Waals surface area contributed by atoms with E-state index in [2.05, 4.69) is 55.3 Å². The monoisotopic (exact) mass is 306 g/mol. The lowest BCUT2D eigenvalue weighted by Crippen LogP contribution is -2.44. The molecule has 3 heteroatoms. The quantitative estimate of drug-likeness (QED) is 0.845. The number of hydrogen-bond acceptors (Lipinski definition) is 2. The van der Waals surface area contributed by atoms with Gasteiger partial charge in [-0.1, -0.05) is 60.2 Å². The standard InChI is InChI=1S/C20H22N2O/c1-15-9-11-18(12-10-15)19-14-20(3,22(21-19)16(2)23)13-17-7-5-4-6-8-17/h4-12H,13-14H2,1-3H3. The first-order valence-electron chi connectivity index (χ1n) is 7.97. The van der Waals surface area contributed by atoms with Gasteiger partial charge >= 0.3 is 0 Å². The molecule has 1 heterocycles. The average molecular weight is 306 g/mol. The molecule has 3 rings (SSSR count). The third-order valence-corrected chi connectivity index (χ3v) is 4.39. The lowest BCUT2D eigenvalue weighted by Gasteiger charge is -2.32. The minimum Gasteiger partial charge on any atom is -0.273 e. The Bertz CT molecular complexity index is 734. The van der Waals surface area contributed by atoms with Crippen LogP contribution in [0.1, 0.15) is 37.0 Å². The van der Waals surface area contributed by atoms with Crippen LogP contribution >= 0.6 is 0 Å². The van der Waals surface area contributed by atoms with Crippen LogP contribution in [0.4, 0.5) is 0 Å². The van der Waals surface area contributed by atoms with Gasteiger partial charge in [0.2, 0.25) is 5.91 Å². The fraction of sp³-hybridized carbons (Fsp3) is 0.300. The van der Waals surface area contributed by atoms with Crippen LogP contribution in [0.2, 0.25) is 0 Å². The molecule has 0 spiro atoms. The number of carbonyl (C=O) groups excluding carboxylic acids is 1. The van der Waals surface area contributed by atoms with Gasteiger partial charge in [0.15, 0.2) is 0 Å². The zero-order chi connectivity index (χ0) is 16.4. The highest BCUT2D eigenvalue weighted by Gasteiger charge is 2.41. The second-order valence-corrected chi connectivity index (χ2v) is 6.58. The number of carbonyl (C=O) groups is 1. The molecule has 2 aromatic rings. The van der Waals surface area contributed by atoms with Gasteiger partial charge in [0.1, 0.15) is 0 Å². The van der Waals surface area contributed by atoms with E-state index in [-0.39, 0.29) is 11.4 Å². The maximum absolute atomic E-state index is 12.1. The normalized spacial score (nSPS) is 20.5. The summed E-state index contributed by atoms with van der Waals surface area (Å²) in [4.78, 5) is 12.1. The van der Waals surface area contributed by atoms with Gasteiger partial charge in [-0.2, -0.15) is 5.10 Å². The van der Waals surface area contributed by atoms with Crippen LogP contribution in [0.15, 0.2) is 59.7 Å². The van der Waals surface area contributed by atoms with E-state index in [4.69, 9.17) is 0 Å². The van der Waals surface area contributed by atoms with Crippen molar-refractivity contribution < 1.29 is 4.79 Å². The topological polar surface area (TPSA) is 32.7 Å². The number of rotatable bonds is 3. The molecule has 0 radical (unpaired) electrons. The molecule has 118 valence electrons. The molecule has 2 aromatic carbocycles. The molecule has 1 amide bonds. The molecule has 0 saturated heterocycles. The third kappa shape index (κ3) is 3.19. The predicted molar refractivity (Wildman–Crippen MR) is 93.4 cm³/mol. The van der Waals surface area contributed by atoms with Gasteiger partial charge in [-0.05, 0) is 31.4 Å². The van der Waals surface area contributed by atoms with Crippen molar-refractivity contribution in [3.8, 4) is 0 Å². The zero-order valence-corrected chi connectivity index (χ0v) is 13.9. The summed E-state index contributed by atoms with van der Waals surface area (Å²) in [5.41, 5.74) is 4.22. The summed E-state index contributed by atoms with van der Waals surface area (Å²) in [5, 5.41) is 6.30. The molecule has 0 saturated carbocycles. The van der Waals surface area contributed by atoms with Crippen LogP contribution in [0.25, 0.3) is 0 Å². The van der Waals surface area contributed by atoms with Crippen LogP contribution < -0.4 is 0 Å². The zero-order valence-electron chi connectivity index (χ0n) is 13.9. The predicted octanol–water partition coefficient (Wildman–Crippen LogP) is 3.95. The number of aryl methyl sites for hydroxylation is 1. The first-order valence-corrected chi connectivity index (χ1v) is 7.97. The Hall–Kier alpha value is -2.42. The molecule has 3 nitrogen and oxygen atoms in total. The van der Waals surface area contributed by atoms with Crippen LogP contribution in [0.3, 0.4) is 0 Å². The second-order valence-electron chi connectivity index (χ2n) is 6.58. The van der Waals surface area contributed by atoms with Crippen LogP contribution in [-0.2, 0) is 11.2 Å². The summed E-state index contributed by atoms with van der Waals surface area (Å²) < 4.78 is 0. The highest BCUT2D eigenvalue weighted by atomic mass is 16.2. The van der Waals surface area contributed by atoms with Gasteiger partial charge in [-0.3, -0.25) is 4.79 Å². The molecule has 0 bridgehead atoms. The molecule has 23 heavy (non-hydrogen) atoms. The van der Waals surface area contributed by atoms with Gasteiger partial charge in [0, 0.05) is 13.3 Å². The number of nitrogens with zero attached hydrogens (tertiary/aromatic N) is 2. The highest BCUT2D eigenvalue weighted by molar-refractivity contribution is 6.03. The first-order chi connectivity index (χ1) is 11.0. The van der Waals surface area contributed by atoms with E-state index in [0.717, 1.165) is 24.1 Å². The van der Waals surface area contributed by atoms with Crippen molar-refractivity contribution in [2.45, 2.75) is 39.2 Å². The number of hydrogen-bond donors (Lipinski definition) is 0. The van der Waals surface area contributed by atoms with E-state index in [1.807, 2.05) is 18.2 Å². The van der Waals surface area contributed by atoms with Crippen molar-refractivity contribution in [1.29, 1.82) is 0 Å². The highest BCUT2D eigenvalue weighted by Crippen LogP contribution is 2.33. The van der Waals surface area contributed by atoms with E-state index >= 15 is 0 Å². The van der Waals surface area contributed by atoms with Gasteiger partial charge < -0.3 is 0 Å². The van der Waals surface area contributed by atoms with Gasteiger partial charge in [-0.15, -0.1) is 0 Å². The summed E-state index contributed by atoms with van der Waals surface area (Å²) in [5.74, 6) is -0.00876. The van der Waals surface area contributed by atoms with Gasteiger partial charge in [0.05, 0.1) is 11.3 Å². The van der Waals surface area contributed by atoms with Crippen LogP contribution in [-0.4, -0.2) is 22.2 Å². The van der Waals surface area contributed by atoms with E-state index in [1.165, 1.54) is 11.1 Å². The Kier molecular flexibility index (Phi) is 4.03. The summed E-state index contributed by atoms with van der Waals surface area (Å²) in [6.45, 7) is 5.78. The number of amides is 1. The molecule has 1 atom stereocenters. The molecule has 1 aliphatic heterocycles. The lowest BCUT2D eigenvalue weighted by molar-refractivity contribution is -0.133. The maximum Gasteiger partial charge on any atom is 0.240 e. The molecule has 0 aliphatic carbocycles. The van der Waals surface area contributed by atoms with Gasteiger partial charge in [0.25, 0.3) is 0 Å². The Morgan fingerprint density at radius 2 is 1.78 bits per heavy atom. The van der Waals surface area contributed by atoms with E-state index < -0.39 is 0 Å². The van der Waals surface area contributed by atoms with Crippen molar-refractivity contribution in [2.75, 3.05) is 0 Å². The molecular formula is C20H22N2O. The largest absolute Gasteiger partial charge is 0.273 e. The fourth-order valence-electron chi connectivity index (χ4n) is 3.24. The second kappa shape index (κ2) is 5.99. The summed E-state index contributed by atoms with van der Waals surface area (Å²) >= 11 is 0. The fourth-order valence-corrected chi connectivity index (χ4v) is 3.24. The van der Waals surface area contributed by atoms with Crippen molar-refractivity contribution >= 4 is 11.6 Å². The van der Waals surface area contributed by atoms with Crippen LogP contribution in [0.5, 0.6) is 0 Å². The van der Waals surface area contributed by atoms with Crippen molar-refractivity contribution in [3.05, 3.63) is 71.3 Å². The maximum atomic E-state index is 12.1. The minimum absolute atomic E-state index is 0.00876. The smallest absolute Gasteiger partial charge is 0.240 e. The molecule has 0 aromatic heterocycles. The molecule has 0 N–H and O–H groups in total. The third-order valence-electron chi connectivity index (χ3n) is 4.39. The Balaban J connectivity index is 1.90. The van der Waals surface area contributed by atoms with E-state index in [0.29, 0.717) is 0 Å². The summed E-state index contributed by atoms with van der Waals surface area (Å²) in [6.07, 6.45) is 1.57. The Morgan fingerprint density at radius 3 is 2.39 bits per heavy atom. The van der Waals surface area contributed by atoms with Crippen molar-refractivity contribution in [1.82, 2.24) is 5.01 Å². The Labute approximate surface area is 137 Å². The van der Waals surface area contributed by atoms with E-state index in [9.17, 15) is 4.79 Å². The molecule has 0 fully saturated rings. The SMILES string of the molecule is CC(=O)N1N=C(c2ccc(C)cc2)CC1(C)Cc1ccccc1. The number of benzene rings is 2.